The molecule has 0 fully saturated rings. The molecule has 2 aromatic carbocycles. The van der Waals surface area contributed by atoms with Crippen LogP contribution in [0.3, 0.4) is 0 Å². The van der Waals surface area contributed by atoms with Crippen LogP contribution in [0.5, 0.6) is 5.75 Å². The number of hydrogen-bond acceptors (Lipinski definition) is 3. The van der Waals surface area contributed by atoms with Gasteiger partial charge in [0.25, 0.3) is 0 Å². The van der Waals surface area contributed by atoms with Crippen LogP contribution in [-0.2, 0) is 23.7 Å². The van der Waals surface area contributed by atoms with E-state index in [2.05, 4.69) is 89.1 Å². The van der Waals surface area contributed by atoms with Crippen molar-refractivity contribution in [1.82, 2.24) is 10.2 Å². The summed E-state index contributed by atoms with van der Waals surface area (Å²) < 4.78 is 0. The molecule has 0 saturated carbocycles. The molecule has 0 atom stereocenters. The molecule has 0 aliphatic carbocycles. The number of carbonyl (C=O) groups excluding carboxylic acids is 1. The van der Waals surface area contributed by atoms with Gasteiger partial charge in [-0.1, -0.05) is 98.6 Å². The van der Waals surface area contributed by atoms with Gasteiger partial charge in [0.05, 0.1) is 0 Å². The van der Waals surface area contributed by atoms with E-state index in [9.17, 15) is 9.90 Å². The molecule has 2 aromatic rings. The van der Waals surface area contributed by atoms with Crippen LogP contribution < -0.4 is 10.6 Å². The summed E-state index contributed by atoms with van der Waals surface area (Å²) in [6.07, 6.45) is 6.39. The lowest BCUT2D eigenvalue weighted by molar-refractivity contribution is 0.242. The molecule has 0 aromatic heterocycles. The number of anilines is 1. The van der Waals surface area contributed by atoms with Crippen LogP contribution >= 0.6 is 0 Å². The highest BCUT2D eigenvalue weighted by Gasteiger charge is 2.26. The van der Waals surface area contributed by atoms with Gasteiger partial charge >= 0.3 is 6.03 Å². The normalized spacial score (nSPS) is 12.1. The first-order valence-corrected chi connectivity index (χ1v) is 14.6. The van der Waals surface area contributed by atoms with Crippen molar-refractivity contribution in [3.63, 3.8) is 0 Å². The zero-order valence-corrected chi connectivity index (χ0v) is 25.3. The van der Waals surface area contributed by atoms with Crippen LogP contribution in [-0.4, -0.2) is 42.2 Å². The SMILES string of the molecule is CCCCN(CCCC)CCNC(=O)Nc1ccccc1CCc1cc(C(C)(C)C)c(O)c(C(C)(C)C)c1. The van der Waals surface area contributed by atoms with Crippen molar-refractivity contribution < 1.29 is 9.90 Å². The maximum Gasteiger partial charge on any atom is 0.319 e. The molecule has 0 unspecified atom stereocenters. The Balaban J connectivity index is 2.07. The second-order valence-corrected chi connectivity index (χ2v) is 12.6. The van der Waals surface area contributed by atoms with E-state index in [4.69, 9.17) is 0 Å². The van der Waals surface area contributed by atoms with Crippen molar-refractivity contribution >= 4 is 11.7 Å². The third-order valence-electron chi connectivity index (χ3n) is 7.10. The predicted octanol–water partition coefficient (Wildman–Crippen LogP) is 7.80. The highest BCUT2D eigenvalue weighted by atomic mass is 16.3. The lowest BCUT2D eigenvalue weighted by Crippen LogP contribution is -2.38. The number of nitrogens with one attached hydrogen (secondary N) is 2. The number of aromatic hydroxyl groups is 1. The van der Waals surface area contributed by atoms with E-state index in [-0.39, 0.29) is 16.9 Å². The van der Waals surface area contributed by atoms with Gasteiger partial charge in [0, 0.05) is 18.8 Å². The minimum Gasteiger partial charge on any atom is -0.507 e. The van der Waals surface area contributed by atoms with E-state index in [1.807, 2.05) is 18.2 Å². The molecule has 0 aliphatic rings. The number of amides is 2. The van der Waals surface area contributed by atoms with Gasteiger partial charge in [0.15, 0.2) is 0 Å². The summed E-state index contributed by atoms with van der Waals surface area (Å²) in [6, 6.07) is 12.2. The lowest BCUT2D eigenvalue weighted by atomic mass is 9.78. The Morgan fingerprint density at radius 1 is 0.842 bits per heavy atom. The van der Waals surface area contributed by atoms with Crippen LogP contribution in [0.1, 0.15) is 103 Å². The molecule has 5 nitrogen and oxygen atoms in total. The second-order valence-electron chi connectivity index (χ2n) is 12.6. The summed E-state index contributed by atoms with van der Waals surface area (Å²) in [5.74, 6) is 0.412. The molecule has 5 heteroatoms. The van der Waals surface area contributed by atoms with E-state index in [0.717, 1.165) is 54.9 Å². The number of para-hydroxylation sites is 1. The lowest BCUT2D eigenvalue weighted by Gasteiger charge is -2.28. The van der Waals surface area contributed by atoms with Crippen LogP contribution in [0.25, 0.3) is 0 Å². The maximum absolute atomic E-state index is 12.7. The molecule has 212 valence electrons. The highest BCUT2D eigenvalue weighted by molar-refractivity contribution is 5.90. The van der Waals surface area contributed by atoms with E-state index >= 15 is 0 Å². The monoisotopic (exact) mass is 523 g/mol. The predicted molar refractivity (Wildman–Crippen MR) is 163 cm³/mol. The van der Waals surface area contributed by atoms with Gasteiger partial charge in [-0.3, -0.25) is 0 Å². The molecule has 2 amide bonds. The Morgan fingerprint density at radius 2 is 1.39 bits per heavy atom. The fourth-order valence-corrected chi connectivity index (χ4v) is 4.71. The van der Waals surface area contributed by atoms with Crippen molar-refractivity contribution in [2.45, 2.75) is 105 Å². The Bertz CT molecular complexity index is 975. The average molecular weight is 524 g/mol. The van der Waals surface area contributed by atoms with Gasteiger partial charge in [-0.05, 0) is 77.9 Å². The molecule has 0 saturated heterocycles. The van der Waals surface area contributed by atoms with Gasteiger partial charge in [-0.15, -0.1) is 0 Å². The number of phenols is 1. The van der Waals surface area contributed by atoms with Gasteiger partial charge < -0.3 is 20.6 Å². The Labute approximate surface area is 232 Å². The molecule has 0 spiro atoms. The van der Waals surface area contributed by atoms with Gasteiger partial charge in [-0.2, -0.15) is 0 Å². The van der Waals surface area contributed by atoms with Crippen molar-refractivity contribution in [2.24, 2.45) is 0 Å². The summed E-state index contributed by atoms with van der Waals surface area (Å²) in [6.45, 7) is 21.0. The molecule has 3 N–H and O–H groups in total. The highest BCUT2D eigenvalue weighted by Crippen LogP contribution is 2.40. The number of rotatable bonds is 13. The second kappa shape index (κ2) is 14.6. The molecule has 38 heavy (non-hydrogen) atoms. The summed E-state index contributed by atoms with van der Waals surface area (Å²) in [4.78, 5) is 15.2. The number of unbranched alkanes of at least 4 members (excludes halogenated alkanes) is 2. The standard InChI is InChI=1S/C33H53N3O2/c1-9-11-20-36(21-12-10-2)22-19-34-31(38)35-29-16-14-13-15-26(29)18-17-25-23-27(32(3,4)5)30(37)28(24-25)33(6,7)8/h13-16,23-24,37H,9-12,17-22H2,1-8H3,(H2,34,35,38). The summed E-state index contributed by atoms with van der Waals surface area (Å²) >= 11 is 0. The van der Waals surface area contributed by atoms with Crippen LogP contribution in [0.2, 0.25) is 0 Å². The summed E-state index contributed by atoms with van der Waals surface area (Å²) in [5.41, 5.74) is 4.83. The smallest absolute Gasteiger partial charge is 0.319 e. The largest absolute Gasteiger partial charge is 0.507 e. The van der Waals surface area contributed by atoms with Crippen molar-refractivity contribution in [3.05, 3.63) is 58.7 Å². The van der Waals surface area contributed by atoms with E-state index < -0.39 is 0 Å². The third kappa shape index (κ3) is 9.98. The Kier molecular flexibility index (Phi) is 12.2. The minimum absolute atomic E-state index is 0.152. The third-order valence-corrected chi connectivity index (χ3v) is 7.10. The average Bonchev–Trinajstić information content (AvgIpc) is 2.84. The van der Waals surface area contributed by atoms with Gasteiger partial charge in [0.2, 0.25) is 0 Å². The molecular formula is C33H53N3O2. The first-order valence-electron chi connectivity index (χ1n) is 14.6. The van der Waals surface area contributed by atoms with Crippen LogP contribution in [0.15, 0.2) is 36.4 Å². The van der Waals surface area contributed by atoms with Gasteiger partial charge in [-0.25, -0.2) is 4.79 Å². The molecule has 0 radical (unpaired) electrons. The summed E-state index contributed by atoms with van der Waals surface area (Å²) in [5, 5.41) is 17.2. The maximum atomic E-state index is 12.7. The number of hydrogen-bond donors (Lipinski definition) is 3. The number of benzene rings is 2. The Hall–Kier alpha value is -2.53. The quantitative estimate of drug-likeness (QED) is 0.251. The van der Waals surface area contributed by atoms with Crippen molar-refractivity contribution in [3.8, 4) is 5.75 Å². The Morgan fingerprint density at radius 3 is 1.92 bits per heavy atom. The minimum atomic E-state index is -0.155. The number of carbonyl (C=O) groups is 1. The summed E-state index contributed by atoms with van der Waals surface area (Å²) in [7, 11) is 0. The first-order chi connectivity index (χ1) is 17.9. The van der Waals surface area contributed by atoms with Crippen molar-refractivity contribution in [2.75, 3.05) is 31.5 Å². The fraction of sp³-hybridized carbons (Fsp3) is 0.606. The van der Waals surface area contributed by atoms with Crippen LogP contribution in [0, 0.1) is 0 Å². The van der Waals surface area contributed by atoms with E-state index in [1.54, 1.807) is 0 Å². The molecule has 0 aliphatic heterocycles. The molecule has 0 heterocycles. The van der Waals surface area contributed by atoms with Crippen LogP contribution in [0.4, 0.5) is 10.5 Å². The molecular weight excluding hydrogens is 470 g/mol. The van der Waals surface area contributed by atoms with E-state index in [0.29, 0.717) is 12.3 Å². The number of aryl methyl sites for hydroxylation is 2. The fourth-order valence-electron chi connectivity index (χ4n) is 4.71. The van der Waals surface area contributed by atoms with Gasteiger partial charge in [0.1, 0.15) is 5.75 Å². The number of urea groups is 1. The molecule has 0 bridgehead atoms. The number of nitrogens with zero attached hydrogens (tertiary/aromatic N) is 1. The zero-order chi connectivity index (χ0) is 28.3. The molecule has 2 rings (SSSR count). The zero-order valence-electron chi connectivity index (χ0n) is 25.3. The number of phenolic OH excluding ortho intramolecular Hbond substituents is 1. The van der Waals surface area contributed by atoms with E-state index in [1.165, 1.54) is 31.2 Å². The van der Waals surface area contributed by atoms with Crippen molar-refractivity contribution in [1.29, 1.82) is 0 Å². The first kappa shape index (κ1) is 31.7. The topological polar surface area (TPSA) is 64.6 Å².